The van der Waals surface area contributed by atoms with Gasteiger partial charge in [0.1, 0.15) is 17.5 Å². The lowest BCUT2D eigenvalue weighted by molar-refractivity contribution is 0.468. The molecule has 2 aromatic rings. The molecule has 0 saturated carbocycles. The summed E-state index contributed by atoms with van der Waals surface area (Å²) < 4.78 is 25.9. The summed E-state index contributed by atoms with van der Waals surface area (Å²) in [4.78, 5) is 6.21. The molecule has 0 radical (unpaired) electrons. The largest absolute Gasteiger partial charge is 0.353 e. The Morgan fingerprint density at radius 1 is 1.05 bits per heavy atom. The molecule has 1 fully saturated rings. The summed E-state index contributed by atoms with van der Waals surface area (Å²) >= 11 is 0. The van der Waals surface area contributed by atoms with Gasteiger partial charge in [0.05, 0.1) is 6.20 Å². The highest BCUT2D eigenvalue weighted by Gasteiger charge is 2.21. The van der Waals surface area contributed by atoms with Crippen molar-refractivity contribution < 1.29 is 8.78 Å². The monoisotopic (exact) mass is 275 g/mol. The van der Waals surface area contributed by atoms with E-state index in [-0.39, 0.29) is 17.7 Å². The predicted octanol–water partition coefficient (Wildman–Crippen LogP) is 2.51. The van der Waals surface area contributed by atoms with Crippen LogP contribution in [0.3, 0.4) is 0 Å². The minimum absolute atomic E-state index is 0.121. The molecule has 0 bridgehead atoms. The standard InChI is InChI=1S/C15H15F2N3/c16-12-3-1-11(2-4-12)14-10-20(8-7-18-14)15-6-5-13(17)9-19-15/h1-6,9,14,18H,7-8,10H2. The summed E-state index contributed by atoms with van der Waals surface area (Å²) in [5.41, 5.74) is 1.04. The van der Waals surface area contributed by atoms with E-state index in [1.807, 2.05) is 0 Å². The maximum atomic E-state index is 13.0. The molecule has 1 saturated heterocycles. The number of nitrogens with one attached hydrogen (secondary N) is 1. The van der Waals surface area contributed by atoms with E-state index in [1.165, 1.54) is 24.4 Å². The van der Waals surface area contributed by atoms with Crippen molar-refractivity contribution in [1.82, 2.24) is 10.3 Å². The van der Waals surface area contributed by atoms with E-state index in [4.69, 9.17) is 0 Å². The van der Waals surface area contributed by atoms with Crippen LogP contribution in [-0.4, -0.2) is 24.6 Å². The number of nitrogens with zero attached hydrogens (tertiary/aromatic N) is 2. The predicted molar refractivity (Wildman–Crippen MR) is 73.6 cm³/mol. The normalized spacial score (nSPS) is 19.1. The van der Waals surface area contributed by atoms with Crippen LogP contribution in [0.4, 0.5) is 14.6 Å². The molecular weight excluding hydrogens is 260 g/mol. The first-order valence-corrected chi connectivity index (χ1v) is 6.58. The van der Waals surface area contributed by atoms with Crippen LogP contribution in [0.1, 0.15) is 11.6 Å². The van der Waals surface area contributed by atoms with Crippen LogP contribution < -0.4 is 10.2 Å². The van der Waals surface area contributed by atoms with E-state index >= 15 is 0 Å². The van der Waals surface area contributed by atoms with E-state index < -0.39 is 0 Å². The molecule has 3 nitrogen and oxygen atoms in total. The minimum atomic E-state index is -0.334. The molecule has 1 unspecified atom stereocenters. The van der Waals surface area contributed by atoms with Crippen LogP contribution in [0.5, 0.6) is 0 Å². The second-order valence-electron chi connectivity index (χ2n) is 4.84. The Morgan fingerprint density at radius 2 is 1.80 bits per heavy atom. The summed E-state index contributed by atoms with van der Waals surface area (Å²) in [5.74, 6) is 0.195. The highest BCUT2D eigenvalue weighted by atomic mass is 19.1. The van der Waals surface area contributed by atoms with Gasteiger partial charge in [-0.2, -0.15) is 0 Å². The van der Waals surface area contributed by atoms with Gasteiger partial charge in [-0.3, -0.25) is 0 Å². The van der Waals surface area contributed by atoms with Crippen molar-refractivity contribution in [3.63, 3.8) is 0 Å². The second kappa shape index (κ2) is 5.54. The Kier molecular flexibility index (Phi) is 3.60. The first-order chi connectivity index (χ1) is 9.72. The highest BCUT2D eigenvalue weighted by Crippen LogP contribution is 2.21. The number of anilines is 1. The van der Waals surface area contributed by atoms with Gasteiger partial charge < -0.3 is 10.2 Å². The zero-order valence-electron chi connectivity index (χ0n) is 10.9. The van der Waals surface area contributed by atoms with Gasteiger partial charge in [0.25, 0.3) is 0 Å². The number of aromatic nitrogens is 1. The Labute approximate surface area is 116 Å². The van der Waals surface area contributed by atoms with Crippen LogP contribution in [0.15, 0.2) is 42.6 Å². The van der Waals surface area contributed by atoms with Gasteiger partial charge in [-0.15, -0.1) is 0 Å². The molecule has 1 aliphatic heterocycles. The molecule has 1 aliphatic rings. The molecule has 20 heavy (non-hydrogen) atoms. The third-order valence-corrected chi connectivity index (χ3v) is 3.48. The molecule has 1 aromatic heterocycles. The summed E-state index contributed by atoms with van der Waals surface area (Å²) in [6.07, 6.45) is 1.23. The van der Waals surface area contributed by atoms with Crippen LogP contribution in [0, 0.1) is 11.6 Å². The molecule has 3 rings (SSSR count). The average molecular weight is 275 g/mol. The van der Waals surface area contributed by atoms with E-state index in [0.717, 1.165) is 31.0 Å². The lowest BCUT2D eigenvalue weighted by Gasteiger charge is -2.34. The van der Waals surface area contributed by atoms with Crippen LogP contribution >= 0.6 is 0 Å². The molecule has 0 spiro atoms. The molecule has 0 amide bonds. The Hall–Kier alpha value is -2.01. The number of hydrogen-bond donors (Lipinski definition) is 1. The minimum Gasteiger partial charge on any atom is -0.353 e. The summed E-state index contributed by atoms with van der Waals surface area (Å²) in [7, 11) is 0. The zero-order chi connectivity index (χ0) is 13.9. The van der Waals surface area contributed by atoms with Crippen LogP contribution in [0.25, 0.3) is 0 Å². The second-order valence-corrected chi connectivity index (χ2v) is 4.84. The van der Waals surface area contributed by atoms with Gasteiger partial charge in [-0.1, -0.05) is 12.1 Å². The first-order valence-electron chi connectivity index (χ1n) is 6.58. The van der Waals surface area contributed by atoms with Crippen LogP contribution in [-0.2, 0) is 0 Å². The van der Waals surface area contributed by atoms with Gasteiger partial charge in [0.2, 0.25) is 0 Å². The van der Waals surface area contributed by atoms with Crippen LogP contribution in [0.2, 0.25) is 0 Å². The fourth-order valence-corrected chi connectivity index (χ4v) is 2.43. The van der Waals surface area contributed by atoms with Gasteiger partial charge in [0.15, 0.2) is 0 Å². The van der Waals surface area contributed by atoms with Gasteiger partial charge in [-0.25, -0.2) is 13.8 Å². The quantitative estimate of drug-likeness (QED) is 0.912. The van der Waals surface area contributed by atoms with Gasteiger partial charge in [-0.05, 0) is 29.8 Å². The fourth-order valence-electron chi connectivity index (χ4n) is 2.43. The SMILES string of the molecule is Fc1ccc(C2CN(c3ccc(F)cn3)CCN2)cc1. The fraction of sp³-hybridized carbons (Fsp3) is 0.267. The van der Waals surface area contributed by atoms with Crippen molar-refractivity contribution in [2.45, 2.75) is 6.04 Å². The smallest absolute Gasteiger partial charge is 0.141 e. The lowest BCUT2D eigenvalue weighted by atomic mass is 10.0. The third kappa shape index (κ3) is 2.77. The van der Waals surface area contributed by atoms with Crippen molar-refractivity contribution in [2.24, 2.45) is 0 Å². The molecule has 104 valence electrons. The molecule has 1 atom stereocenters. The van der Waals surface area contributed by atoms with E-state index in [2.05, 4.69) is 15.2 Å². The number of hydrogen-bond acceptors (Lipinski definition) is 3. The summed E-state index contributed by atoms with van der Waals surface area (Å²) in [5, 5.41) is 3.40. The van der Waals surface area contributed by atoms with E-state index in [9.17, 15) is 8.78 Å². The van der Waals surface area contributed by atoms with E-state index in [0.29, 0.717) is 0 Å². The number of benzene rings is 1. The van der Waals surface area contributed by atoms with Gasteiger partial charge >= 0.3 is 0 Å². The summed E-state index contributed by atoms with van der Waals surface area (Å²) in [6.45, 7) is 2.35. The molecule has 0 aliphatic carbocycles. The van der Waals surface area contributed by atoms with Gasteiger partial charge in [0, 0.05) is 25.7 Å². The topological polar surface area (TPSA) is 28.2 Å². The van der Waals surface area contributed by atoms with Crippen molar-refractivity contribution >= 4 is 5.82 Å². The third-order valence-electron chi connectivity index (χ3n) is 3.48. The molecule has 1 N–H and O–H groups in total. The van der Waals surface area contributed by atoms with Crippen molar-refractivity contribution in [1.29, 1.82) is 0 Å². The number of pyridine rings is 1. The Morgan fingerprint density at radius 3 is 2.50 bits per heavy atom. The van der Waals surface area contributed by atoms with Crippen molar-refractivity contribution in [3.05, 3.63) is 59.8 Å². The average Bonchev–Trinajstić information content (AvgIpc) is 2.49. The first kappa shape index (κ1) is 13.0. The van der Waals surface area contributed by atoms with E-state index in [1.54, 1.807) is 18.2 Å². The number of halogens is 2. The Bertz CT molecular complexity index is 517. The zero-order valence-corrected chi connectivity index (χ0v) is 10.9. The van der Waals surface area contributed by atoms with Crippen molar-refractivity contribution in [3.8, 4) is 0 Å². The molecular formula is C15H15F2N3. The Balaban J connectivity index is 1.76. The molecule has 1 aromatic carbocycles. The molecule has 5 heteroatoms. The summed E-state index contributed by atoms with van der Waals surface area (Å²) in [6, 6.07) is 9.72. The maximum absolute atomic E-state index is 13.0. The van der Waals surface area contributed by atoms with Crippen molar-refractivity contribution in [2.75, 3.05) is 24.5 Å². The highest BCUT2D eigenvalue weighted by molar-refractivity contribution is 5.40. The lowest BCUT2D eigenvalue weighted by Crippen LogP contribution is -2.46. The maximum Gasteiger partial charge on any atom is 0.141 e. The number of piperazine rings is 1. The number of rotatable bonds is 2. The molecule has 2 heterocycles.